The van der Waals surface area contributed by atoms with Crippen molar-refractivity contribution in [3.05, 3.63) is 0 Å². The van der Waals surface area contributed by atoms with Crippen LogP contribution in [0, 0.1) is 0 Å². The van der Waals surface area contributed by atoms with E-state index >= 15 is 0 Å². The molecule has 1 saturated carbocycles. The molecule has 0 nitrogen and oxygen atoms in total. The topological polar surface area (TPSA) is 0 Å². The van der Waals surface area contributed by atoms with Gasteiger partial charge in [0.25, 0.3) is 0 Å². The highest BCUT2D eigenvalue weighted by molar-refractivity contribution is 9.09. The van der Waals surface area contributed by atoms with E-state index in [2.05, 4.69) is 15.9 Å². The molecule has 0 aliphatic heterocycles. The van der Waals surface area contributed by atoms with Gasteiger partial charge in [-0.3, -0.25) is 0 Å². The molecule has 9 heavy (non-hydrogen) atoms. The monoisotopic (exact) mass is 190 g/mol. The number of hydrogen-bond acceptors (Lipinski definition) is 0. The molecule has 0 aromatic heterocycles. The molecule has 0 aromatic carbocycles. The second kappa shape index (κ2) is 4.32. The Morgan fingerprint density at radius 3 is 1.78 bits per heavy atom. The van der Waals surface area contributed by atoms with Gasteiger partial charge >= 0.3 is 0 Å². The lowest BCUT2D eigenvalue weighted by Gasteiger charge is -2.12. The first-order valence-corrected chi connectivity index (χ1v) is 4.95. The van der Waals surface area contributed by atoms with E-state index < -0.39 is 0 Å². The van der Waals surface area contributed by atoms with Gasteiger partial charge in [-0.1, -0.05) is 48.0 Å². The summed E-state index contributed by atoms with van der Waals surface area (Å²) in [5.74, 6) is 0. The van der Waals surface area contributed by atoms with Crippen molar-refractivity contribution in [2.45, 2.75) is 49.8 Å². The Bertz CT molecular complexity index is 63.0. The minimum atomic E-state index is 0.831. The van der Waals surface area contributed by atoms with Crippen LogP contribution in [0.5, 0.6) is 0 Å². The predicted molar refractivity (Wildman–Crippen MR) is 45.0 cm³/mol. The molecule has 1 aliphatic carbocycles. The van der Waals surface area contributed by atoms with Crippen molar-refractivity contribution in [1.29, 1.82) is 0 Å². The smallest absolute Gasteiger partial charge is 0.0145 e. The van der Waals surface area contributed by atoms with E-state index in [1.165, 1.54) is 44.9 Å². The van der Waals surface area contributed by atoms with Gasteiger partial charge in [0.2, 0.25) is 0 Å². The molecule has 0 aromatic rings. The van der Waals surface area contributed by atoms with Gasteiger partial charge in [0.05, 0.1) is 0 Å². The summed E-state index contributed by atoms with van der Waals surface area (Å²) in [7, 11) is 0. The minimum absolute atomic E-state index is 0.831. The molecule has 54 valence electrons. The quantitative estimate of drug-likeness (QED) is 0.514. The average Bonchev–Trinajstić information content (AvgIpc) is 1.79. The van der Waals surface area contributed by atoms with Crippen LogP contribution in [0.2, 0.25) is 0 Å². The van der Waals surface area contributed by atoms with E-state index in [-0.39, 0.29) is 0 Å². The van der Waals surface area contributed by atoms with Crippen LogP contribution in [0.3, 0.4) is 0 Å². The summed E-state index contributed by atoms with van der Waals surface area (Å²) in [5.41, 5.74) is 0. The second-order valence-electron chi connectivity index (χ2n) is 2.94. The molecular formula is C8H15Br. The van der Waals surface area contributed by atoms with E-state index in [0.717, 1.165) is 4.83 Å². The zero-order chi connectivity index (χ0) is 6.53. The molecule has 0 saturated heterocycles. The molecule has 0 spiro atoms. The number of rotatable bonds is 0. The van der Waals surface area contributed by atoms with E-state index in [9.17, 15) is 0 Å². The fourth-order valence-corrected chi connectivity index (χ4v) is 2.05. The molecule has 1 rings (SSSR count). The van der Waals surface area contributed by atoms with Crippen LogP contribution in [0.1, 0.15) is 44.9 Å². The first-order chi connectivity index (χ1) is 4.39. The van der Waals surface area contributed by atoms with Crippen LogP contribution in [0.25, 0.3) is 0 Å². The summed E-state index contributed by atoms with van der Waals surface area (Å²) in [5, 5.41) is 0. The highest BCUT2D eigenvalue weighted by atomic mass is 79.9. The molecule has 0 atom stereocenters. The van der Waals surface area contributed by atoms with Crippen molar-refractivity contribution < 1.29 is 0 Å². The van der Waals surface area contributed by atoms with Gasteiger partial charge in [-0.2, -0.15) is 0 Å². The predicted octanol–water partition coefficient (Wildman–Crippen LogP) is 3.49. The standard InChI is InChI=1S/C8H15Br/c9-8-6-4-2-1-3-5-7-8/h8H,1-7H2. The SMILES string of the molecule is BrC1CCCCCCC1. The summed E-state index contributed by atoms with van der Waals surface area (Å²) in [6, 6.07) is 0. The largest absolute Gasteiger partial charge is 0.0891 e. The molecular weight excluding hydrogens is 176 g/mol. The van der Waals surface area contributed by atoms with Gasteiger partial charge in [-0.05, 0) is 12.8 Å². The van der Waals surface area contributed by atoms with Crippen LogP contribution in [-0.4, -0.2) is 4.83 Å². The Hall–Kier alpha value is 0.480. The fraction of sp³-hybridized carbons (Fsp3) is 1.00. The van der Waals surface area contributed by atoms with Crippen molar-refractivity contribution >= 4 is 15.9 Å². The lowest BCUT2D eigenvalue weighted by atomic mass is 10.0. The zero-order valence-corrected chi connectivity index (χ0v) is 7.49. The Labute approximate surface area is 66.2 Å². The fourth-order valence-electron chi connectivity index (χ4n) is 1.41. The number of alkyl halides is 1. The molecule has 1 heteroatoms. The van der Waals surface area contributed by atoms with Gasteiger partial charge in [0.1, 0.15) is 0 Å². The Balaban J connectivity index is 2.12. The van der Waals surface area contributed by atoms with Gasteiger partial charge in [0, 0.05) is 4.83 Å². The summed E-state index contributed by atoms with van der Waals surface area (Å²) in [6.07, 6.45) is 10.1. The summed E-state index contributed by atoms with van der Waals surface area (Å²) in [4.78, 5) is 0.831. The van der Waals surface area contributed by atoms with Gasteiger partial charge in [0.15, 0.2) is 0 Å². The minimum Gasteiger partial charge on any atom is -0.0891 e. The summed E-state index contributed by atoms with van der Waals surface area (Å²) < 4.78 is 0. The van der Waals surface area contributed by atoms with Crippen LogP contribution in [0.4, 0.5) is 0 Å². The average molecular weight is 191 g/mol. The third-order valence-corrected chi connectivity index (χ3v) is 2.95. The molecule has 0 N–H and O–H groups in total. The lowest BCUT2D eigenvalue weighted by molar-refractivity contribution is 0.517. The van der Waals surface area contributed by atoms with Crippen LogP contribution < -0.4 is 0 Å². The maximum Gasteiger partial charge on any atom is 0.0145 e. The normalized spacial score (nSPS) is 25.0. The van der Waals surface area contributed by atoms with E-state index in [1.807, 2.05) is 0 Å². The second-order valence-corrected chi connectivity index (χ2v) is 4.24. The van der Waals surface area contributed by atoms with Crippen molar-refractivity contribution in [2.24, 2.45) is 0 Å². The van der Waals surface area contributed by atoms with Crippen molar-refractivity contribution in [2.75, 3.05) is 0 Å². The van der Waals surface area contributed by atoms with Crippen LogP contribution in [0.15, 0.2) is 0 Å². The van der Waals surface area contributed by atoms with E-state index in [0.29, 0.717) is 0 Å². The lowest BCUT2D eigenvalue weighted by Crippen LogP contribution is -2.00. The van der Waals surface area contributed by atoms with Gasteiger partial charge < -0.3 is 0 Å². The maximum atomic E-state index is 3.67. The number of halogens is 1. The Morgan fingerprint density at radius 2 is 1.22 bits per heavy atom. The molecule has 1 aliphatic rings. The molecule has 0 heterocycles. The molecule has 0 radical (unpaired) electrons. The Morgan fingerprint density at radius 1 is 0.778 bits per heavy atom. The maximum absolute atomic E-state index is 3.67. The summed E-state index contributed by atoms with van der Waals surface area (Å²) >= 11 is 3.67. The summed E-state index contributed by atoms with van der Waals surface area (Å²) in [6.45, 7) is 0. The van der Waals surface area contributed by atoms with Crippen molar-refractivity contribution in [3.8, 4) is 0 Å². The van der Waals surface area contributed by atoms with Crippen LogP contribution in [-0.2, 0) is 0 Å². The van der Waals surface area contributed by atoms with Crippen molar-refractivity contribution in [3.63, 3.8) is 0 Å². The molecule has 0 bridgehead atoms. The van der Waals surface area contributed by atoms with Gasteiger partial charge in [-0.25, -0.2) is 0 Å². The van der Waals surface area contributed by atoms with Crippen molar-refractivity contribution in [1.82, 2.24) is 0 Å². The van der Waals surface area contributed by atoms with E-state index in [1.54, 1.807) is 0 Å². The highest BCUT2D eigenvalue weighted by Gasteiger charge is 2.05. The third-order valence-electron chi connectivity index (χ3n) is 2.03. The first-order valence-electron chi connectivity index (χ1n) is 4.03. The van der Waals surface area contributed by atoms with Crippen LogP contribution >= 0.6 is 15.9 Å². The first kappa shape index (κ1) is 7.59. The van der Waals surface area contributed by atoms with Gasteiger partial charge in [-0.15, -0.1) is 0 Å². The third kappa shape index (κ3) is 3.24. The molecule has 0 amide bonds. The zero-order valence-electron chi connectivity index (χ0n) is 5.91. The number of hydrogen-bond donors (Lipinski definition) is 0. The molecule has 0 unspecified atom stereocenters. The molecule has 1 fully saturated rings. The highest BCUT2D eigenvalue weighted by Crippen LogP contribution is 2.21. The van der Waals surface area contributed by atoms with E-state index in [4.69, 9.17) is 0 Å². The Kier molecular flexibility index (Phi) is 3.64.